The fourth-order valence-electron chi connectivity index (χ4n) is 2.14. The van der Waals surface area contributed by atoms with E-state index >= 15 is 0 Å². The first-order valence-corrected chi connectivity index (χ1v) is 7.74. The lowest BCUT2D eigenvalue weighted by Gasteiger charge is -2.20. The molecule has 0 aliphatic heterocycles. The van der Waals surface area contributed by atoms with Gasteiger partial charge >= 0.3 is 0 Å². The van der Waals surface area contributed by atoms with Crippen molar-refractivity contribution in [1.82, 2.24) is 5.32 Å². The fourth-order valence-corrected chi connectivity index (χ4v) is 2.14. The summed E-state index contributed by atoms with van der Waals surface area (Å²) < 4.78 is 16.5. The average Bonchev–Trinajstić information content (AvgIpc) is 2.50. The molecule has 0 aromatic heterocycles. The number of rotatable bonds is 12. The van der Waals surface area contributed by atoms with Gasteiger partial charge in [0.15, 0.2) is 0 Å². The maximum atomic E-state index is 6.00. The normalized spacial score (nSPS) is 12.5. The number of ether oxygens (including phenoxy) is 3. The molecule has 1 atom stereocenters. The van der Waals surface area contributed by atoms with Gasteiger partial charge in [-0.3, -0.25) is 0 Å². The third kappa shape index (κ3) is 7.58. The lowest BCUT2D eigenvalue weighted by molar-refractivity contribution is 0.000717. The Kier molecular flexibility index (Phi) is 10.1. The molecule has 0 spiro atoms. The van der Waals surface area contributed by atoms with Crippen molar-refractivity contribution in [3.63, 3.8) is 0 Å². The van der Waals surface area contributed by atoms with Crippen LogP contribution in [0.3, 0.4) is 0 Å². The zero-order valence-corrected chi connectivity index (χ0v) is 13.6. The molecule has 0 fully saturated rings. The van der Waals surface area contributed by atoms with Gasteiger partial charge in [0.05, 0.1) is 19.3 Å². The Balaban J connectivity index is 2.35. The summed E-state index contributed by atoms with van der Waals surface area (Å²) in [4.78, 5) is 0. The molecule has 120 valence electrons. The Morgan fingerprint density at radius 2 is 1.90 bits per heavy atom. The first kappa shape index (κ1) is 18.1. The van der Waals surface area contributed by atoms with Crippen LogP contribution in [0.15, 0.2) is 24.3 Å². The van der Waals surface area contributed by atoms with E-state index in [2.05, 4.69) is 43.4 Å². The van der Waals surface area contributed by atoms with Crippen LogP contribution in [0, 0.1) is 6.92 Å². The third-order valence-electron chi connectivity index (χ3n) is 3.30. The molecule has 0 aliphatic rings. The molecule has 1 unspecified atom stereocenters. The molecule has 0 heterocycles. The van der Waals surface area contributed by atoms with Gasteiger partial charge in [0.1, 0.15) is 0 Å². The molecule has 0 amide bonds. The van der Waals surface area contributed by atoms with Crippen molar-refractivity contribution < 1.29 is 14.2 Å². The molecule has 0 saturated heterocycles. The zero-order valence-electron chi connectivity index (χ0n) is 13.6. The number of benzene rings is 1. The Morgan fingerprint density at radius 1 is 1.10 bits per heavy atom. The molecular formula is C17H29NO3. The van der Waals surface area contributed by atoms with Crippen LogP contribution in [0.2, 0.25) is 0 Å². The van der Waals surface area contributed by atoms with Crippen molar-refractivity contribution in [2.75, 3.05) is 46.6 Å². The average molecular weight is 295 g/mol. The summed E-state index contributed by atoms with van der Waals surface area (Å²) in [6, 6.07) is 8.38. The van der Waals surface area contributed by atoms with Crippen molar-refractivity contribution in [3.8, 4) is 0 Å². The highest BCUT2D eigenvalue weighted by molar-refractivity contribution is 5.28. The highest BCUT2D eigenvalue weighted by Gasteiger charge is 2.13. The first-order chi connectivity index (χ1) is 10.3. The largest absolute Gasteiger partial charge is 0.385 e. The minimum absolute atomic E-state index is 0.0775. The summed E-state index contributed by atoms with van der Waals surface area (Å²) in [5.41, 5.74) is 2.51. The molecule has 4 nitrogen and oxygen atoms in total. The van der Waals surface area contributed by atoms with E-state index < -0.39 is 0 Å². The van der Waals surface area contributed by atoms with E-state index in [0.717, 1.165) is 32.7 Å². The van der Waals surface area contributed by atoms with Crippen molar-refractivity contribution in [2.24, 2.45) is 0 Å². The Hall–Kier alpha value is -0.940. The Morgan fingerprint density at radius 3 is 2.62 bits per heavy atom. The van der Waals surface area contributed by atoms with Crippen molar-refractivity contribution in [3.05, 3.63) is 35.4 Å². The van der Waals surface area contributed by atoms with Crippen LogP contribution in [0.4, 0.5) is 0 Å². The van der Waals surface area contributed by atoms with Crippen molar-refractivity contribution >= 4 is 0 Å². The zero-order chi connectivity index (χ0) is 15.3. The van der Waals surface area contributed by atoms with E-state index in [1.165, 1.54) is 11.1 Å². The van der Waals surface area contributed by atoms with Crippen LogP contribution >= 0.6 is 0 Å². The van der Waals surface area contributed by atoms with Gasteiger partial charge in [-0.25, -0.2) is 0 Å². The van der Waals surface area contributed by atoms with E-state index in [1.54, 1.807) is 7.11 Å². The van der Waals surface area contributed by atoms with Crippen LogP contribution in [-0.2, 0) is 14.2 Å². The molecule has 1 aromatic rings. The Labute approximate surface area is 128 Å². The standard InChI is InChI=1S/C17H29NO3/c1-4-18-14-17(16-9-6-5-8-15(16)2)21-13-12-20-11-7-10-19-3/h5-6,8-9,17-18H,4,7,10-14H2,1-3H3. The molecule has 1 N–H and O–H groups in total. The topological polar surface area (TPSA) is 39.7 Å². The molecule has 0 bridgehead atoms. The highest BCUT2D eigenvalue weighted by Crippen LogP contribution is 2.20. The number of aryl methyl sites for hydroxylation is 1. The van der Waals surface area contributed by atoms with Crippen LogP contribution in [0.25, 0.3) is 0 Å². The van der Waals surface area contributed by atoms with Gasteiger partial charge in [0.25, 0.3) is 0 Å². The lowest BCUT2D eigenvalue weighted by Crippen LogP contribution is -2.24. The van der Waals surface area contributed by atoms with Gasteiger partial charge < -0.3 is 19.5 Å². The second-order valence-electron chi connectivity index (χ2n) is 4.98. The van der Waals surface area contributed by atoms with Crippen LogP contribution in [-0.4, -0.2) is 46.6 Å². The number of likely N-dealkylation sites (N-methyl/N-ethyl adjacent to an activating group) is 1. The number of hydrogen-bond donors (Lipinski definition) is 1. The first-order valence-electron chi connectivity index (χ1n) is 7.74. The summed E-state index contributed by atoms with van der Waals surface area (Å²) in [6.07, 6.45) is 1.00. The van der Waals surface area contributed by atoms with Crippen LogP contribution in [0.5, 0.6) is 0 Å². The smallest absolute Gasteiger partial charge is 0.0952 e. The maximum absolute atomic E-state index is 6.00. The minimum atomic E-state index is 0.0775. The molecule has 4 heteroatoms. The molecule has 21 heavy (non-hydrogen) atoms. The number of methoxy groups -OCH3 is 1. The second-order valence-corrected chi connectivity index (χ2v) is 4.98. The summed E-state index contributed by atoms with van der Waals surface area (Å²) in [7, 11) is 1.70. The van der Waals surface area contributed by atoms with Gasteiger partial charge in [-0.1, -0.05) is 31.2 Å². The summed E-state index contributed by atoms with van der Waals surface area (Å²) in [6.45, 7) is 8.69. The van der Waals surface area contributed by atoms with Gasteiger partial charge in [0, 0.05) is 26.9 Å². The monoisotopic (exact) mass is 295 g/mol. The maximum Gasteiger partial charge on any atom is 0.0952 e. The van der Waals surface area contributed by atoms with Gasteiger partial charge in [-0.05, 0) is 31.0 Å². The molecule has 0 radical (unpaired) electrons. The predicted molar refractivity (Wildman–Crippen MR) is 85.7 cm³/mol. The molecular weight excluding hydrogens is 266 g/mol. The predicted octanol–water partition coefficient (Wildman–Crippen LogP) is 2.72. The van der Waals surface area contributed by atoms with E-state index in [1.807, 2.05) is 0 Å². The quantitative estimate of drug-likeness (QED) is 0.602. The van der Waals surface area contributed by atoms with E-state index in [-0.39, 0.29) is 6.10 Å². The number of nitrogens with one attached hydrogen (secondary N) is 1. The Bertz CT molecular complexity index is 371. The van der Waals surface area contributed by atoms with E-state index in [0.29, 0.717) is 13.2 Å². The lowest BCUT2D eigenvalue weighted by atomic mass is 10.0. The van der Waals surface area contributed by atoms with Crippen LogP contribution in [0.1, 0.15) is 30.6 Å². The SMILES string of the molecule is CCNCC(OCCOCCCOC)c1ccccc1C. The second kappa shape index (κ2) is 11.7. The van der Waals surface area contributed by atoms with Crippen molar-refractivity contribution in [2.45, 2.75) is 26.4 Å². The highest BCUT2D eigenvalue weighted by atomic mass is 16.5. The molecule has 0 saturated carbocycles. The van der Waals surface area contributed by atoms with E-state index in [9.17, 15) is 0 Å². The summed E-state index contributed by atoms with van der Waals surface area (Å²) in [5.74, 6) is 0. The number of hydrogen-bond acceptors (Lipinski definition) is 4. The van der Waals surface area contributed by atoms with Crippen molar-refractivity contribution in [1.29, 1.82) is 0 Å². The summed E-state index contributed by atoms with van der Waals surface area (Å²) in [5, 5.41) is 3.36. The van der Waals surface area contributed by atoms with E-state index in [4.69, 9.17) is 14.2 Å². The van der Waals surface area contributed by atoms with Gasteiger partial charge in [0.2, 0.25) is 0 Å². The fraction of sp³-hybridized carbons (Fsp3) is 0.647. The van der Waals surface area contributed by atoms with Gasteiger partial charge in [-0.15, -0.1) is 0 Å². The summed E-state index contributed by atoms with van der Waals surface area (Å²) >= 11 is 0. The minimum Gasteiger partial charge on any atom is -0.385 e. The molecule has 0 aliphatic carbocycles. The van der Waals surface area contributed by atoms with Gasteiger partial charge in [-0.2, -0.15) is 0 Å². The third-order valence-corrected chi connectivity index (χ3v) is 3.30. The molecule has 1 rings (SSSR count). The molecule has 1 aromatic carbocycles. The van der Waals surface area contributed by atoms with Crippen LogP contribution < -0.4 is 5.32 Å².